The summed E-state index contributed by atoms with van der Waals surface area (Å²) in [7, 11) is 0. The Morgan fingerprint density at radius 2 is 2.17 bits per heavy atom. The van der Waals surface area contributed by atoms with E-state index in [0.717, 1.165) is 31.2 Å². The molecular formula is C15H17NO2. The van der Waals surface area contributed by atoms with E-state index in [1.165, 1.54) is 5.56 Å². The molecule has 0 aliphatic heterocycles. The summed E-state index contributed by atoms with van der Waals surface area (Å²) in [6.07, 6.45) is 7.65. The van der Waals surface area contributed by atoms with E-state index in [2.05, 4.69) is 18.2 Å². The summed E-state index contributed by atoms with van der Waals surface area (Å²) in [5.41, 5.74) is 7.03. The molecule has 0 spiro atoms. The number of aryl methyl sites for hydroxylation is 1. The van der Waals surface area contributed by atoms with Crippen LogP contribution in [0.4, 0.5) is 4.79 Å². The number of carbonyl (C=O) groups excluding carboxylic acids is 1. The van der Waals surface area contributed by atoms with Crippen LogP contribution in [0.15, 0.2) is 36.4 Å². The van der Waals surface area contributed by atoms with Gasteiger partial charge < -0.3 is 10.5 Å². The van der Waals surface area contributed by atoms with Crippen LogP contribution in [-0.2, 0) is 16.8 Å². The number of ether oxygens (including phenoxy) is 1. The highest BCUT2D eigenvalue weighted by molar-refractivity contribution is 5.66. The molecule has 0 saturated carbocycles. The Morgan fingerprint density at radius 1 is 1.33 bits per heavy atom. The molecule has 3 nitrogen and oxygen atoms in total. The van der Waals surface area contributed by atoms with Crippen LogP contribution in [0, 0.1) is 5.92 Å². The minimum absolute atomic E-state index is 0.352. The Kier molecular flexibility index (Phi) is 2.62. The summed E-state index contributed by atoms with van der Waals surface area (Å²) in [5, 5.41) is 0. The van der Waals surface area contributed by atoms with Crippen molar-refractivity contribution in [1.82, 2.24) is 0 Å². The summed E-state index contributed by atoms with van der Waals surface area (Å²) in [6.45, 7) is 0. The zero-order chi connectivity index (χ0) is 12.6. The lowest BCUT2D eigenvalue weighted by Gasteiger charge is -2.44. The molecule has 0 saturated heterocycles. The molecule has 0 fully saturated rings. The van der Waals surface area contributed by atoms with Gasteiger partial charge in [0.05, 0.1) is 0 Å². The van der Waals surface area contributed by atoms with Gasteiger partial charge >= 0.3 is 6.09 Å². The van der Waals surface area contributed by atoms with Crippen LogP contribution in [0.3, 0.4) is 0 Å². The van der Waals surface area contributed by atoms with Crippen LogP contribution in [0.25, 0.3) is 0 Å². The van der Waals surface area contributed by atoms with Crippen LogP contribution in [0.1, 0.15) is 30.4 Å². The van der Waals surface area contributed by atoms with Gasteiger partial charge in [-0.15, -0.1) is 0 Å². The maximum atomic E-state index is 11.3. The smallest absolute Gasteiger partial charge is 0.405 e. The number of fused-ring (bicyclic) bond motifs is 3. The van der Waals surface area contributed by atoms with Crippen molar-refractivity contribution in [3.63, 3.8) is 0 Å². The molecule has 94 valence electrons. The van der Waals surface area contributed by atoms with Crippen molar-refractivity contribution < 1.29 is 9.53 Å². The fourth-order valence-corrected chi connectivity index (χ4v) is 3.36. The monoisotopic (exact) mass is 243 g/mol. The number of amides is 1. The number of rotatable bonds is 1. The van der Waals surface area contributed by atoms with E-state index in [1.807, 2.05) is 18.2 Å². The van der Waals surface area contributed by atoms with Crippen molar-refractivity contribution in [2.45, 2.75) is 31.3 Å². The summed E-state index contributed by atoms with van der Waals surface area (Å²) in [5.74, 6) is 0.352. The third kappa shape index (κ3) is 1.62. The molecule has 0 heterocycles. The Bertz CT molecular complexity index is 509. The molecule has 18 heavy (non-hydrogen) atoms. The number of allylic oxidation sites excluding steroid dienone is 1. The Hall–Kier alpha value is -1.77. The largest absolute Gasteiger partial charge is 0.434 e. The fourth-order valence-electron chi connectivity index (χ4n) is 3.36. The maximum Gasteiger partial charge on any atom is 0.405 e. The van der Waals surface area contributed by atoms with E-state index < -0.39 is 11.7 Å². The predicted molar refractivity (Wildman–Crippen MR) is 69.0 cm³/mol. The summed E-state index contributed by atoms with van der Waals surface area (Å²) in [6, 6.07) is 8.19. The first-order chi connectivity index (χ1) is 8.72. The first-order valence-corrected chi connectivity index (χ1v) is 6.47. The normalized spacial score (nSPS) is 29.2. The van der Waals surface area contributed by atoms with Crippen molar-refractivity contribution >= 4 is 6.09 Å². The molecule has 3 heteroatoms. The average molecular weight is 243 g/mol. The molecule has 0 bridgehead atoms. The fraction of sp³-hybridized carbons (Fsp3) is 0.400. The highest BCUT2D eigenvalue weighted by Gasteiger charge is 2.46. The topological polar surface area (TPSA) is 52.3 Å². The first kappa shape index (κ1) is 11.3. The first-order valence-electron chi connectivity index (χ1n) is 6.47. The standard InChI is InChI=1S/C15H17NO2/c16-14(17)18-15-10-4-3-6-12(15)9-8-11-5-1-2-7-13(11)15/h1-2,4-5,7,10,12H,3,6,8-9H2,(H2,16,17). The Labute approximate surface area is 107 Å². The highest BCUT2D eigenvalue weighted by atomic mass is 16.6. The average Bonchev–Trinajstić information content (AvgIpc) is 2.38. The number of benzene rings is 1. The highest BCUT2D eigenvalue weighted by Crippen LogP contribution is 2.47. The number of hydrogen-bond donors (Lipinski definition) is 1. The summed E-state index contributed by atoms with van der Waals surface area (Å²) in [4.78, 5) is 11.3. The quantitative estimate of drug-likeness (QED) is 0.771. The van der Waals surface area contributed by atoms with Gasteiger partial charge in [-0.2, -0.15) is 0 Å². The third-order valence-electron chi connectivity index (χ3n) is 4.12. The van der Waals surface area contributed by atoms with Crippen molar-refractivity contribution in [2.24, 2.45) is 11.7 Å². The van der Waals surface area contributed by atoms with Gasteiger partial charge in [-0.1, -0.05) is 30.3 Å². The molecule has 2 aliphatic carbocycles. The molecule has 2 N–H and O–H groups in total. The second kappa shape index (κ2) is 4.16. The van der Waals surface area contributed by atoms with Crippen LogP contribution in [0.2, 0.25) is 0 Å². The zero-order valence-electron chi connectivity index (χ0n) is 10.3. The lowest BCUT2D eigenvalue weighted by Crippen LogP contribution is -2.44. The molecule has 3 rings (SSSR count). The van der Waals surface area contributed by atoms with Gasteiger partial charge in [0.15, 0.2) is 5.60 Å². The number of primary amides is 1. The van der Waals surface area contributed by atoms with Crippen molar-refractivity contribution in [1.29, 1.82) is 0 Å². The van der Waals surface area contributed by atoms with Crippen molar-refractivity contribution in [3.05, 3.63) is 47.5 Å². The molecule has 0 radical (unpaired) electrons. The van der Waals surface area contributed by atoms with Crippen LogP contribution >= 0.6 is 0 Å². The van der Waals surface area contributed by atoms with Gasteiger partial charge in [-0.05, 0) is 37.3 Å². The van der Waals surface area contributed by atoms with E-state index in [9.17, 15) is 4.79 Å². The molecule has 1 aromatic carbocycles. The molecule has 2 unspecified atom stereocenters. The van der Waals surface area contributed by atoms with Crippen LogP contribution < -0.4 is 5.73 Å². The maximum absolute atomic E-state index is 11.3. The Balaban J connectivity index is 2.15. The van der Waals surface area contributed by atoms with Crippen molar-refractivity contribution in [2.75, 3.05) is 0 Å². The van der Waals surface area contributed by atoms with E-state index in [0.29, 0.717) is 5.92 Å². The van der Waals surface area contributed by atoms with Crippen molar-refractivity contribution in [3.8, 4) is 0 Å². The second-order valence-corrected chi connectivity index (χ2v) is 5.09. The van der Waals surface area contributed by atoms with E-state index in [4.69, 9.17) is 10.5 Å². The van der Waals surface area contributed by atoms with Gasteiger partial charge in [0.25, 0.3) is 0 Å². The minimum atomic E-state index is -0.691. The van der Waals surface area contributed by atoms with Gasteiger partial charge in [-0.3, -0.25) is 0 Å². The third-order valence-corrected chi connectivity index (χ3v) is 4.12. The molecule has 1 aromatic rings. The zero-order valence-corrected chi connectivity index (χ0v) is 10.3. The van der Waals surface area contributed by atoms with Crippen LogP contribution in [-0.4, -0.2) is 6.09 Å². The molecule has 1 amide bonds. The summed E-state index contributed by atoms with van der Waals surface area (Å²) >= 11 is 0. The van der Waals surface area contributed by atoms with E-state index in [-0.39, 0.29) is 0 Å². The predicted octanol–water partition coefficient (Wildman–Crippen LogP) is 2.89. The molecule has 0 aromatic heterocycles. The van der Waals surface area contributed by atoms with Gasteiger partial charge in [0.1, 0.15) is 0 Å². The Morgan fingerprint density at radius 3 is 3.00 bits per heavy atom. The second-order valence-electron chi connectivity index (χ2n) is 5.09. The number of nitrogens with two attached hydrogens (primary N) is 1. The molecule has 2 atom stereocenters. The molecular weight excluding hydrogens is 226 g/mol. The lowest BCUT2D eigenvalue weighted by molar-refractivity contribution is -0.0130. The molecule has 2 aliphatic rings. The summed E-state index contributed by atoms with van der Waals surface area (Å²) < 4.78 is 5.56. The van der Waals surface area contributed by atoms with Gasteiger partial charge in [0, 0.05) is 11.5 Å². The minimum Gasteiger partial charge on any atom is -0.434 e. The van der Waals surface area contributed by atoms with Gasteiger partial charge in [-0.25, -0.2) is 4.79 Å². The SMILES string of the molecule is NC(=O)OC12C=CCCC1CCc1ccccc12. The van der Waals surface area contributed by atoms with Crippen LogP contribution in [0.5, 0.6) is 0 Å². The lowest BCUT2D eigenvalue weighted by atomic mass is 9.67. The number of carbonyl (C=O) groups is 1. The van der Waals surface area contributed by atoms with E-state index >= 15 is 0 Å². The van der Waals surface area contributed by atoms with Gasteiger partial charge in [0.2, 0.25) is 0 Å². The van der Waals surface area contributed by atoms with E-state index in [1.54, 1.807) is 0 Å². The number of hydrogen-bond acceptors (Lipinski definition) is 2.